The normalized spacial score (nSPS) is 15.1. The van der Waals surface area contributed by atoms with Crippen molar-refractivity contribution in [2.75, 3.05) is 13.1 Å². The third-order valence-corrected chi connectivity index (χ3v) is 13.1. The van der Waals surface area contributed by atoms with Gasteiger partial charge in [-0.3, -0.25) is 29.4 Å². The molecule has 0 fully saturated rings. The molecule has 0 aromatic heterocycles. The summed E-state index contributed by atoms with van der Waals surface area (Å²) in [6, 6.07) is 5.33. The second-order valence-electron chi connectivity index (χ2n) is 17.8. The lowest BCUT2D eigenvalue weighted by molar-refractivity contribution is -0.137. The maximum atomic E-state index is 14.1. The Morgan fingerprint density at radius 2 is 1.48 bits per heavy atom. The van der Waals surface area contributed by atoms with E-state index in [1.165, 1.54) is 13.0 Å². The number of guanidine groups is 1. The molecule has 0 saturated heterocycles. The number of hydrogen-bond donors (Lipinski definition) is 8. The number of carbonyl (C=O) groups excluding carboxylic acids is 5. The Hall–Kier alpha value is -5.71. The molecule has 65 heavy (non-hydrogen) atoms. The first kappa shape index (κ1) is 53.6. The highest BCUT2D eigenvalue weighted by molar-refractivity contribution is 7.90. The maximum absolute atomic E-state index is 14.1. The van der Waals surface area contributed by atoms with E-state index in [0.29, 0.717) is 41.0 Å². The predicted octanol–water partition coefficient (Wildman–Crippen LogP) is 5.11. The van der Waals surface area contributed by atoms with Crippen LogP contribution in [0.3, 0.4) is 0 Å². The van der Waals surface area contributed by atoms with Crippen LogP contribution in [0.4, 0.5) is 0 Å². The quantitative estimate of drug-likeness (QED) is 0.0285. The van der Waals surface area contributed by atoms with Gasteiger partial charge in [0.25, 0.3) is 10.0 Å². The summed E-state index contributed by atoms with van der Waals surface area (Å²) in [4.78, 5) is 68.3. The van der Waals surface area contributed by atoms with Crippen LogP contribution in [0.15, 0.2) is 60.5 Å². The van der Waals surface area contributed by atoms with Crippen LogP contribution in [0.5, 0.6) is 5.75 Å². The molecule has 5 amide bonds. The maximum Gasteiger partial charge on any atom is 0.264 e. The third-order valence-electron chi connectivity index (χ3n) is 11.5. The minimum Gasteiger partial charge on any atom is -0.487 e. The molecule has 8 N–H and O–H groups in total. The summed E-state index contributed by atoms with van der Waals surface area (Å²) in [5, 5.41) is 25.2. The molecule has 16 nitrogen and oxygen atoms in total. The molecule has 0 bridgehead atoms. The molecule has 0 saturated carbocycles. The second kappa shape index (κ2) is 24.0. The van der Waals surface area contributed by atoms with E-state index >= 15 is 0 Å². The zero-order valence-corrected chi connectivity index (χ0v) is 40.5. The number of carbonyl (C=O) groups is 5. The van der Waals surface area contributed by atoms with E-state index < -0.39 is 74.8 Å². The summed E-state index contributed by atoms with van der Waals surface area (Å²) in [6.45, 7) is 23.6. The van der Waals surface area contributed by atoms with Gasteiger partial charge in [0, 0.05) is 31.0 Å². The average molecular weight is 921 g/mol. The highest BCUT2D eigenvalue weighted by Gasteiger charge is 2.39. The Bertz CT molecular complexity index is 2180. The fourth-order valence-electron chi connectivity index (χ4n) is 7.60. The standard InChI is InChI=1S/C48H72N8O8S/c1-12-15-16-17-21-27-50-44(60)38(34-23-19-18-20-24-34)54-42(58)36(14-3)52-43(59)37(53-45(61)48(11,26-13-2)55-41(57)30(4)5)25-22-28-51-46(49)56-65(62,63)40-32(7)31(6)39-35(33(40)8)29-47(9,10)64-39/h12-13,18-20,23-24,30,36-38H,1-2,14-17,21-22,25-29H2,3-11H3,(H,50,60)(H,52,59)(H,53,61)(H,54,58)(H,55,57)(H3,49,51,56). The van der Waals surface area contributed by atoms with E-state index in [4.69, 9.17) is 10.1 Å². The van der Waals surface area contributed by atoms with E-state index in [-0.39, 0.29) is 43.0 Å². The second-order valence-corrected chi connectivity index (χ2v) is 19.5. The molecule has 17 heteroatoms. The van der Waals surface area contributed by atoms with Crippen LogP contribution >= 0.6 is 0 Å². The summed E-state index contributed by atoms with van der Waals surface area (Å²) in [7, 11) is -4.21. The van der Waals surface area contributed by atoms with Gasteiger partial charge < -0.3 is 36.6 Å². The minimum atomic E-state index is -4.21. The van der Waals surface area contributed by atoms with Crippen molar-refractivity contribution >= 4 is 45.5 Å². The summed E-state index contributed by atoms with van der Waals surface area (Å²) in [6.07, 6.45) is 7.63. The SMILES string of the molecule is C=CCCCCCNC(=O)C(NC(=O)C(CC)NC(=O)C(CCCNC(=N)NS(=O)(=O)c1c(C)c(C)c2c(c1C)CC(C)(C)O2)NC(=O)C(C)(CC=C)NC(=O)C(C)C)c1ccccc1. The van der Waals surface area contributed by atoms with Crippen LogP contribution in [0.2, 0.25) is 0 Å². The van der Waals surface area contributed by atoms with Crippen LogP contribution in [0.25, 0.3) is 0 Å². The van der Waals surface area contributed by atoms with Gasteiger partial charge in [-0.1, -0.05) is 69.7 Å². The Morgan fingerprint density at radius 1 is 0.831 bits per heavy atom. The first-order valence-corrected chi connectivity index (χ1v) is 24.0. The summed E-state index contributed by atoms with van der Waals surface area (Å²) < 4.78 is 36.0. The van der Waals surface area contributed by atoms with Crippen molar-refractivity contribution in [2.45, 2.75) is 154 Å². The zero-order valence-electron chi connectivity index (χ0n) is 39.7. The molecule has 4 atom stereocenters. The molecule has 2 aromatic carbocycles. The van der Waals surface area contributed by atoms with Crippen molar-refractivity contribution in [1.82, 2.24) is 36.6 Å². The van der Waals surface area contributed by atoms with Gasteiger partial charge in [0.15, 0.2) is 0 Å². The van der Waals surface area contributed by atoms with Crippen LogP contribution in [0, 0.1) is 32.1 Å². The molecule has 1 aliphatic rings. The fourth-order valence-corrected chi connectivity index (χ4v) is 9.12. The zero-order chi connectivity index (χ0) is 48.7. The van der Waals surface area contributed by atoms with Gasteiger partial charge >= 0.3 is 0 Å². The topological polar surface area (TPSA) is 237 Å². The van der Waals surface area contributed by atoms with Crippen LogP contribution in [-0.4, -0.2) is 80.2 Å². The molecule has 3 rings (SSSR count). The Morgan fingerprint density at radius 3 is 2.09 bits per heavy atom. The van der Waals surface area contributed by atoms with E-state index in [1.54, 1.807) is 65.0 Å². The van der Waals surface area contributed by atoms with E-state index in [2.05, 4.69) is 49.8 Å². The van der Waals surface area contributed by atoms with Gasteiger partial charge in [-0.15, -0.1) is 13.2 Å². The molecule has 2 aromatic rings. The molecule has 4 unspecified atom stereocenters. The van der Waals surface area contributed by atoms with E-state index in [1.807, 2.05) is 26.8 Å². The average Bonchev–Trinajstić information content (AvgIpc) is 3.58. The third kappa shape index (κ3) is 14.9. The van der Waals surface area contributed by atoms with Crippen LogP contribution < -0.4 is 41.4 Å². The number of fused-ring (bicyclic) bond motifs is 1. The molecule has 1 heterocycles. The number of rotatable bonds is 25. The first-order valence-electron chi connectivity index (χ1n) is 22.5. The van der Waals surface area contributed by atoms with E-state index in [9.17, 15) is 32.4 Å². The Labute approximate surface area is 385 Å². The number of unbranched alkanes of at least 4 members (excludes halogenated alkanes) is 3. The van der Waals surface area contributed by atoms with Gasteiger partial charge in [0.05, 0.1) is 4.90 Å². The summed E-state index contributed by atoms with van der Waals surface area (Å²) in [5.74, 6) is -3.06. The molecule has 1 aliphatic heterocycles. The van der Waals surface area contributed by atoms with Crippen molar-refractivity contribution < 1.29 is 37.1 Å². The lowest BCUT2D eigenvalue weighted by Gasteiger charge is -2.32. The van der Waals surface area contributed by atoms with Crippen molar-refractivity contribution in [3.8, 4) is 5.75 Å². The molecule has 0 aliphatic carbocycles. The summed E-state index contributed by atoms with van der Waals surface area (Å²) in [5.41, 5.74) is 1.15. The highest BCUT2D eigenvalue weighted by atomic mass is 32.2. The number of hydrogen-bond acceptors (Lipinski definition) is 9. The number of benzene rings is 2. The Balaban J connectivity index is 1.80. The molecule has 0 spiro atoms. The van der Waals surface area contributed by atoms with E-state index in [0.717, 1.165) is 31.2 Å². The monoisotopic (exact) mass is 921 g/mol. The molecular formula is C48H72N8O8S. The lowest BCUT2D eigenvalue weighted by atomic mass is 9.94. The molecule has 0 radical (unpaired) electrons. The van der Waals surface area contributed by atoms with Crippen LogP contribution in [-0.2, 0) is 40.4 Å². The number of amides is 5. The van der Waals surface area contributed by atoms with Crippen molar-refractivity contribution in [3.05, 3.63) is 83.5 Å². The minimum absolute atomic E-state index is 0.0119. The lowest BCUT2D eigenvalue weighted by Crippen LogP contribution is -2.61. The van der Waals surface area contributed by atoms with Crippen molar-refractivity contribution in [3.63, 3.8) is 0 Å². The number of allylic oxidation sites excluding steroid dienone is 1. The highest BCUT2D eigenvalue weighted by Crippen LogP contribution is 2.43. The predicted molar refractivity (Wildman–Crippen MR) is 254 cm³/mol. The van der Waals surface area contributed by atoms with Crippen LogP contribution in [0.1, 0.15) is 127 Å². The number of ether oxygens (including phenoxy) is 1. The number of nitrogens with one attached hydrogen (secondary N) is 8. The van der Waals surface area contributed by atoms with Crippen molar-refractivity contribution in [2.24, 2.45) is 5.92 Å². The summed E-state index contributed by atoms with van der Waals surface area (Å²) >= 11 is 0. The van der Waals surface area contributed by atoms with Gasteiger partial charge in [0.1, 0.15) is 35.0 Å². The largest absolute Gasteiger partial charge is 0.487 e. The first-order chi connectivity index (χ1) is 30.5. The fraction of sp³-hybridized carbons (Fsp3) is 0.542. The smallest absolute Gasteiger partial charge is 0.264 e. The van der Waals surface area contributed by atoms with Gasteiger partial charge in [0.2, 0.25) is 35.5 Å². The van der Waals surface area contributed by atoms with Gasteiger partial charge in [-0.05, 0) is 109 Å². The number of sulfonamides is 1. The molecular weight excluding hydrogens is 849 g/mol. The van der Waals surface area contributed by atoms with Gasteiger partial charge in [-0.2, -0.15) is 0 Å². The van der Waals surface area contributed by atoms with Gasteiger partial charge in [-0.25, -0.2) is 13.1 Å². The molecule has 358 valence electrons. The van der Waals surface area contributed by atoms with Crippen molar-refractivity contribution in [1.29, 1.82) is 5.41 Å². The Kier molecular flexibility index (Phi) is 19.8.